The molecule has 34 heavy (non-hydrogen) atoms. The Morgan fingerprint density at radius 2 is 1.76 bits per heavy atom. The van der Waals surface area contributed by atoms with Crippen molar-refractivity contribution in [2.75, 3.05) is 12.0 Å². The number of amides is 4. The third-order valence-electron chi connectivity index (χ3n) is 5.49. The quantitative estimate of drug-likeness (QED) is 0.363. The van der Waals surface area contributed by atoms with Crippen LogP contribution in [0.5, 0.6) is 0 Å². The van der Waals surface area contributed by atoms with Crippen LogP contribution >= 0.6 is 0 Å². The molecule has 172 valence electrons. The van der Waals surface area contributed by atoms with E-state index in [1.165, 1.54) is 31.4 Å². The molecular weight excluding hydrogens is 441 g/mol. The van der Waals surface area contributed by atoms with Crippen LogP contribution in [0.25, 0.3) is 11.8 Å². The van der Waals surface area contributed by atoms with E-state index in [2.05, 4.69) is 5.32 Å². The van der Waals surface area contributed by atoms with Crippen LogP contribution in [0.15, 0.2) is 60.2 Å². The van der Waals surface area contributed by atoms with E-state index in [0.717, 1.165) is 11.8 Å². The topological polar surface area (TPSA) is 97.7 Å². The summed E-state index contributed by atoms with van der Waals surface area (Å²) in [5.41, 5.74) is 2.55. The molecule has 4 rings (SSSR count). The van der Waals surface area contributed by atoms with Crippen LogP contribution in [0.1, 0.15) is 27.3 Å². The Labute approximate surface area is 194 Å². The summed E-state index contributed by atoms with van der Waals surface area (Å²) in [6.45, 7) is 3.59. The molecule has 0 atom stereocenters. The van der Waals surface area contributed by atoms with Gasteiger partial charge in [-0.15, -0.1) is 0 Å². The van der Waals surface area contributed by atoms with Crippen LogP contribution in [-0.2, 0) is 14.3 Å². The number of rotatable bonds is 4. The predicted octanol–water partition coefficient (Wildman–Crippen LogP) is 3.69. The van der Waals surface area contributed by atoms with Crippen molar-refractivity contribution in [2.24, 2.45) is 0 Å². The van der Waals surface area contributed by atoms with Gasteiger partial charge in [0.2, 0.25) is 0 Å². The van der Waals surface area contributed by atoms with Crippen LogP contribution in [0.3, 0.4) is 0 Å². The molecule has 9 heteroatoms. The van der Waals surface area contributed by atoms with Gasteiger partial charge in [-0.05, 0) is 61.9 Å². The maximum atomic E-state index is 13.7. The lowest BCUT2D eigenvalue weighted by Crippen LogP contribution is -2.54. The first-order valence-electron chi connectivity index (χ1n) is 10.3. The zero-order valence-electron chi connectivity index (χ0n) is 18.6. The summed E-state index contributed by atoms with van der Waals surface area (Å²) in [6.07, 6.45) is 1.37. The number of nitrogens with zero attached hydrogens (tertiary/aromatic N) is 2. The van der Waals surface area contributed by atoms with Crippen LogP contribution in [0.2, 0.25) is 0 Å². The molecule has 4 amide bonds. The van der Waals surface area contributed by atoms with Gasteiger partial charge < -0.3 is 9.30 Å². The monoisotopic (exact) mass is 461 g/mol. The first-order chi connectivity index (χ1) is 16.2. The summed E-state index contributed by atoms with van der Waals surface area (Å²) in [5.74, 6) is -2.87. The molecule has 0 aliphatic carbocycles. The number of carbonyl (C=O) groups is 4. The Kier molecular flexibility index (Phi) is 5.85. The lowest BCUT2D eigenvalue weighted by molar-refractivity contribution is -0.122. The fourth-order valence-electron chi connectivity index (χ4n) is 3.92. The van der Waals surface area contributed by atoms with Gasteiger partial charge >= 0.3 is 12.0 Å². The maximum Gasteiger partial charge on any atom is 0.339 e. The van der Waals surface area contributed by atoms with Gasteiger partial charge in [0, 0.05) is 11.4 Å². The SMILES string of the molecule is COC(=O)c1ccccc1-n1c(C)cc(/C=C2\C(=O)NC(=O)N(c3cccc(F)c3)C2=O)c1C. The minimum Gasteiger partial charge on any atom is -0.465 e. The molecule has 1 aliphatic rings. The van der Waals surface area contributed by atoms with Gasteiger partial charge in [0.25, 0.3) is 11.8 Å². The average Bonchev–Trinajstić information content (AvgIpc) is 3.08. The van der Waals surface area contributed by atoms with Gasteiger partial charge in [0.15, 0.2) is 0 Å². The molecule has 2 heterocycles. The van der Waals surface area contributed by atoms with Gasteiger partial charge in [-0.3, -0.25) is 14.9 Å². The number of carbonyl (C=O) groups excluding carboxylic acids is 4. The molecule has 1 N–H and O–H groups in total. The van der Waals surface area contributed by atoms with Crippen LogP contribution in [0.4, 0.5) is 14.9 Å². The Morgan fingerprint density at radius 1 is 1.03 bits per heavy atom. The minimum atomic E-state index is -0.963. The summed E-state index contributed by atoms with van der Waals surface area (Å²) in [4.78, 5) is 50.9. The van der Waals surface area contributed by atoms with E-state index in [1.807, 2.05) is 6.92 Å². The number of imide groups is 2. The van der Waals surface area contributed by atoms with Crippen LogP contribution in [0, 0.1) is 19.7 Å². The Bertz CT molecular complexity index is 1390. The summed E-state index contributed by atoms with van der Waals surface area (Å²) >= 11 is 0. The second-order valence-electron chi connectivity index (χ2n) is 7.61. The normalized spacial score (nSPS) is 15.0. The number of benzene rings is 2. The second kappa shape index (κ2) is 8.78. The minimum absolute atomic E-state index is 0.00150. The van der Waals surface area contributed by atoms with Crippen molar-refractivity contribution in [3.8, 4) is 5.69 Å². The predicted molar refractivity (Wildman–Crippen MR) is 122 cm³/mol. The summed E-state index contributed by atoms with van der Waals surface area (Å²) in [7, 11) is 1.29. The molecule has 3 aromatic rings. The largest absolute Gasteiger partial charge is 0.465 e. The number of anilines is 1. The maximum absolute atomic E-state index is 13.7. The number of aromatic nitrogens is 1. The molecule has 1 aromatic heterocycles. The zero-order valence-corrected chi connectivity index (χ0v) is 18.6. The number of urea groups is 1. The van der Waals surface area contributed by atoms with Crippen molar-refractivity contribution >= 4 is 35.6 Å². The highest BCUT2D eigenvalue weighted by Gasteiger charge is 2.37. The molecule has 0 bridgehead atoms. The lowest BCUT2D eigenvalue weighted by atomic mass is 10.1. The first kappa shape index (κ1) is 22.7. The van der Waals surface area contributed by atoms with Crippen LogP contribution in [-0.4, -0.2) is 35.5 Å². The zero-order chi connectivity index (χ0) is 24.6. The van der Waals surface area contributed by atoms with Gasteiger partial charge in [-0.25, -0.2) is 18.9 Å². The van der Waals surface area contributed by atoms with E-state index in [1.54, 1.807) is 41.8 Å². The molecular formula is C25H20FN3O5. The summed E-state index contributed by atoms with van der Waals surface area (Å²) in [6, 6.07) is 12.6. The molecule has 0 unspecified atom stereocenters. The molecule has 1 saturated heterocycles. The number of methoxy groups -OCH3 is 1. The van der Waals surface area contributed by atoms with Gasteiger partial charge in [0.05, 0.1) is 24.0 Å². The van der Waals surface area contributed by atoms with E-state index in [4.69, 9.17) is 4.74 Å². The lowest BCUT2D eigenvalue weighted by Gasteiger charge is -2.26. The Morgan fingerprint density at radius 3 is 2.47 bits per heavy atom. The third-order valence-corrected chi connectivity index (χ3v) is 5.49. The Balaban J connectivity index is 1.80. The number of barbiturate groups is 1. The van der Waals surface area contributed by atoms with Crippen molar-refractivity contribution in [3.63, 3.8) is 0 Å². The standard InChI is InChI=1S/C25H20FN3O5/c1-14-11-16(15(2)28(14)21-10-5-4-9-19(21)24(32)34-3)12-20-22(30)27-25(33)29(23(20)31)18-8-6-7-17(26)13-18/h4-13H,1-3H3,(H,27,30,33)/b20-12+. The number of esters is 1. The van der Waals surface area contributed by atoms with Crippen molar-refractivity contribution < 1.29 is 28.3 Å². The highest BCUT2D eigenvalue weighted by molar-refractivity contribution is 6.39. The number of para-hydroxylation sites is 1. The van der Waals surface area contributed by atoms with Crippen molar-refractivity contribution in [2.45, 2.75) is 13.8 Å². The van der Waals surface area contributed by atoms with Crippen LogP contribution < -0.4 is 10.2 Å². The first-order valence-corrected chi connectivity index (χ1v) is 10.3. The Hall–Kier alpha value is -4.53. The highest BCUT2D eigenvalue weighted by Crippen LogP contribution is 2.27. The van der Waals surface area contributed by atoms with Gasteiger partial charge in [-0.1, -0.05) is 18.2 Å². The van der Waals surface area contributed by atoms with Gasteiger partial charge in [-0.2, -0.15) is 0 Å². The number of aryl methyl sites for hydroxylation is 1. The highest BCUT2D eigenvalue weighted by atomic mass is 19.1. The molecule has 0 radical (unpaired) electrons. The number of hydrogen-bond donors (Lipinski definition) is 1. The number of hydrogen-bond acceptors (Lipinski definition) is 5. The fourth-order valence-corrected chi connectivity index (χ4v) is 3.92. The van der Waals surface area contributed by atoms with Crippen molar-refractivity contribution in [1.82, 2.24) is 9.88 Å². The third kappa shape index (κ3) is 3.88. The number of nitrogens with one attached hydrogen (secondary N) is 1. The molecule has 1 fully saturated rings. The summed E-state index contributed by atoms with van der Waals surface area (Å²) < 4.78 is 20.4. The molecule has 0 saturated carbocycles. The average molecular weight is 461 g/mol. The fraction of sp³-hybridized carbons (Fsp3) is 0.120. The van der Waals surface area contributed by atoms with Crippen molar-refractivity contribution in [1.29, 1.82) is 0 Å². The van der Waals surface area contributed by atoms with E-state index >= 15 is 0 Å². The van der Waals surface area contributed by atoms with E-state index in [0.29, 0.717) is 27.4 Å². The number of ether oxygens (including phenoxy) is 1. The van der Waals surface area contributed by atoms with E-state index < -0.39 is 29.6 Å². The molecule has 2 aromatic carbocycles. The van der Waals surface area contributed by atoms with E-state index in [-0.39, 0.29) is 11.3 Å². The number of halogens is 1. The molecule has 8 nitrogen and oxygen atoms in total. The molecule has 1 aliphatic heterocycles. The second-order valence-corrected chi connectivity index (χ2v) is 7.61. The summed E-state index contributed by atoms with van der Waals surface area (Å²) in [5, 5.41) is 2.12. The van der Waals surface area contributed by atoms with E-state index in [9.17, 15) is 23.6 Å². The smallest absolute Gasteiger partial charge is 0.339 e. The van der Waals surface area contributed by atoms with Gasteiger partial charge in [0.1, 0.15) is 11.4 Å². The van der Waals surface area contributed by atoms with Crippen molar-refractivity contribution in [3.05, 3.63) is 88.5 Å². The molecule has 0 spiro atoms.